The van der Waals surface area contributed by atoms with Crippen molar-refractivity contribution >= 4 is 41.9 Å². The van der Waals surface area contributed by atoms with Crippen LogP contribution in [-0.2, 0) is 14.4 Å². The molecule has 1 aromatic carbocycles. The number of ketones is 1. The second-order valence-electron chi connectivity index (χ2n) is 13.5. The molecule has 1 aliphatic rings. The van der Waals surface area contributed by atoms with E-state index in [9.17, 15) is 29.2 Å². The van der Waals surface area contributed by atoms with Gasteiger partial charge in [0.05, 0.1) is 17.9 Å². The Morgan fingerprint density at radius 1 is 1.02 bits per heavy atom. The molecule has 2 rings (SSSR count). The van der Waals surface area contributed by atoms with Crippen molar-refractivity contribution in [3.8, 4) is 5.75 Å². The zero-order valence-electron chi connectivity index (χ0n) is 27.6. The van der Waals surface area contributed by atoms with E-state index in [4.69, 9.17) is 4.74 Å². The summed E-state index contributed by atoms with van der Waals surface area (Å²) in [5.41, 5.74) is 0.137. The van der Waals surface area contributed by atoms with Crippen molar-refractivity contribution in [2.75, 3.05) is 40.8 Å². The van der Waals surface area contributed by atoms with Crippen LogP contribution in [-0.4, -0.2) is 102 Å². The topological polar surface area (TPSA) is 149 Å². The maximum absolute atomic E-state index is 13.9. The third kappa shape index (κ3) is 9.39. The average Bonchev–Trinajstić information content (AvgIpc) is 3.06. The number of nitrogens with one attached hydrogen (secondary N) is 2. The second-order valence-corrected chi connectivity index (χ2v) is 13.5. The Hall–Kier alpha value is -3.22. The molecule has 1 unspecified atom stereocenters. The van der Waals surface area contributed by atoms with Gasteiger partial charge in [-0.15, -0.1) is 12.4 Å². The van der Waals surface area contributed by atoms with Gasteiger partial charge in [0, 0.05) is 25.7 Å². The number of nitrogens with zero attached hydrogens (tertiary/aromatic N) is 3. The molecule has 1 heterocycles. The van der Waals surface area contributed by atoms with Gasteiger partial charge in [-0.05, 0) is 70.0 Å². The van der Waals surface area contributed by atoms with Crippen molar-refractivity contribution in [1.29, 1.82) is 0 Å². The van der Waals surface area contributed by atoms with Crippen molar-refractivity contribution in [1.82, 2.24) is 25.5 Å². The first kappa shape index (κ1) is 38.8. The zero-order valence-corrected chi connectivity index (χ0v) is 28.4. The summed E-state index contributed by atoms with van der Waals surface area (Å²) < 4.78 is 5.72. The van der Waals surface area contributed by atoms with Crippen molar-refractivity contribution in [2.24, 2.45) is 23.2 Å². The van der Waals surface area contributed by atoms with Gasteiger partial charge in [0.25, 0.3) is 5.91 Å². The third-order valence-electron chi connectivity index (χ3n) is 7.86. The van der Waals surface area contributed by atoms with Gasteiger partial charge in [-0.1, -0.05) is 34.6 Å². The molecule has 13 heteroatoms. The molecule has 1 aliphatic heterocycles. The van der Waals surface area contributed by atoms with E-state index in [1.165, 1.54) is 11.9 Å². The monoisotopic (exact) mass is 639 g/mol. The minimum atomic E-state index is -1.27. The lowest BCUT2D eigenvalue weighted by atomic mass is 9.79. The normalized spacial score (nSPS) is 16.8. The summed E-state index contributed by atoms with van der Waals surface area (Å²) in [7, 11) is 5.38. The number of hydrogen-bond donors (Lipinski definition) is 3. The Morgan fingerprint density at radius 2 is 1.59 bits per heavy atom. The molecule has 1 saturated heterocycles. The second kappa shape index (κ2) is 15.7. The molecule has 0 aliphatic carbocycles. The summed E-state index contributed by atoms with van der Waals surface area (Å²) in [6, 6.07) is 5.13. The molecular weight excluding hydrogens is 590 g/mol. The highest BCUT2D eigenvalue weighted by atomic mass is 35.5. The fourth-order valence-corrected chi connectivity index (χ4v) is 4.93. The standard InChI is InChI=1S/C31H49N5O7.ClH/c1-19(2)17-22(23(27(39)33-42)18-36-28(40)31(6,7)35(10)29(36)41)26(38)32-25(30(3,4)5)24(37)20-11-13-21(14-12-20)43-16-15-34(8)9;/h11-14,19,22-23,25,42H,15-18H2,1-10H3,(H,32,38)(H,33,39);1H/t22-,23?,25+;/m0./s1. The quantitative estimate of drug-likeness (QED) is 0.122. The van der Waals surface area contributed by atoms with E-state index in [0.29, 0.717) is 17.9 Å². The largest absolute Gasteiger partial charge is 0.492 e. The first-order chi connectivity index (χ1) is 19.8. The number of halogens is 1. The van der Waals surface area contributed by atoms with Crippen LogP contribution in [0.3, 0.4) is 0 Å². The highest BCUT2D eigenvalue weighted by Crippen LogP contribution is 2.31. The summed E-state index contributed by atoms with van der Waals surface area (Å²) in [6.07, 6.45) is 0.198. The number of rotatable bonds is 14. The highest BCUT2D eigenvalue weighted by molar-refractivity contribution is 6.07. The van der Waals surface area contributed by atoms with Crippen molar-refractivity contribution in [3.63, 3.8) is 0 Å². The molecule has 1 fully saturated rings. The number of ether oxygens (including phenoxy) is 1. The van der Waals surface area contributed by atoms with Gasteiger partial charge < -0.3 is 19.9 Å². The maximum atomic E-state index is 13.9. The number of carbonyl (C=O) groups excluding carboxylic acids is 5. The van der Waals surface area contributed by atoms with Gasteiger partial charge in [-0.3, -0.25) is 29.3 Å². The number of hydroxylamine groups is 1. The molecule has 44 heavy (non-hydrogen) atoms. The Labute approximate surface area is 267 Å². The van der Waals surface area contributed by atoms with Gasteiger partial charge in [0.15, 0.2) is 5.78 Å². The molecule has 3 N–H and O–H groups in total. The van der Waals surface area contributed by atoms with E-state index in [1.807, 2.05) is 53.6 Å². The first-order valence-corrected chi connectivity index (χ1v) is 14.6. The van der Waals surface area contributed by atoms with Crippen LogP contribution in [0.1, 0.15) is 65.2 Å². The van der Waals surface area contributed by atoms with Gasteiger partial charge in [0.1, 0.15) is 17.9 Å². The molecule has 0 saturated carbocycles. The van der Waals surface area contributed by atoms with Crippen molar-refractivity contribution in [2.45, 2.75) is 66.5 Å². The maximum Gasteiger partial charge on any atom is 0.327 e. The van der Waals surface area contributed by atoms with Crippen LogP contribution < -0.4 is 15.5 Å². The predicted octanol–water partition coefficient (Wildman–Crippen LogP) is 3.22. The molecule has 0 aromatic heterocycles. The van der Waals surface area contributed by atoms with Crippen LogP contribution in [0.4, 0.5) is 4.79 Å². The van der Waals surface area contributed by atoms with E-state index in [0.717, 1.165) is 11.4 Å². The number of carbonyl (C=O) groups is 5. The molecule has 12 nitrogen and oxygen atoms in total. The summed E-state index contributed by atoms with van der Waals surface area (Å²) in [5, 5.41) is 12.5. The smallest absolute Gasteiger partial charge is 0.327 e. The Kier molecular flexibility index (Phi) is 13.8. The molecule has 0 radical (unpaired) electrons. The van der Waals surface area contributed by atoms with Crippen molar-refractivity contribution in [3.05, 3.63) is 29.8 Å². The molecule has 1 aromatic rings. The van der Waals surface area contributed by atoms with Gasteiger partial charge in [-0.25, -0.2) is 10.3 Å². The molecule has 5 amide bonds. The number of hydrogen-bond acceptors (Lipinski definition) is 8. The number of benzene rings is 1. The Balaban J connectivity index is 0.00000968. The van der Waals surface area contributed by atoms with Gasteiger partial charge >= 0.3 is 6.03 Å². The van der Waals surface area contributed by atoms with Gasteiger partial charge in [0.2, 0.25) is 11.8 Å². The molecule has 0 spiro atoms. The van der Waals surface area contributed by atoms with E-state index >= 15 is 0 Å². The highest BCUT2D eigenvalue weighted by Gasteiger charge is 2.51. The minimum Gasteiger partial charge on any atom is -0.492 e. The fraction of sp³-hybridized carbons (Fsp3) is 0.645. The number of Topliss-reactive ketones (excluding diaryl/α,β-unsaturated/α-hetero) is 1. The summed E-state index contributed by atoms with van der Waals surface area (Å²) in [4.78, 5) is 70.9. The van der Waals surface area contributed by atoms with E-state index in [1.54, 1.807) is 43.6 Å². The van der Waals surface area contributed by atoms with Crippen LogP contribution in [0.5, 0.6) is 5.75 Å². The van der Waals surface area contributed by atoms with Crippen molar-refractivity contribution < 1.29 is 33.9 Å². The number of urea groups is 1. The lowest BCUT2D eigenvalue weighted by molar-refractivity contribution is -0.143. The molecule has 0 bridgehead atoms. The van der Waals surface area contributed by atoms with Crippen LogP contribution in [0.25, 0.3) is 0 Å². The Bertz CT molecular complexity index is 1180. The minimum absolute atomic E-state index is 0. The fourth-order valence-electron chi connectivity index (χ4n) is 4.93. The summed E-state index contributed by atoms with van der Waals surface area (Å²) in [6.45, 7) is 13.2. The molecule has 248 valence electrons. The number of likely N-dealkylation sites (N-methyl/N-ethyl adjacent to an activating group) is 2. The molecular formula is C31H50ClN5O7. The third-order valence-corrected chi connectivity index (χ3v) is 7.86. The van der Waals surface area contributed by atoms with Crippen LogP contribution in [0, 0.1) is 23.2 Å². The average molecular weight is 640 g/mol. The van der Waals surface area contributed by atoms with Crippen LogP contribution in [0.15, 0.2) is 24.3 Å². The summed E-state index contributed by atoms with van der Waals surface area (Å²) >= 11 is 0. The SMILES string of the molecule is CC(C)C[C@H](C(=O)N[C@H](C(=O)c1ccc(OCCN(C)C)cc1)C(C)(C)C)C(CN1C(=O)N(C)C(C)(C)C1=O)C(=O)NO.Cl. The van der Waals surface area contributed by atoms with E-state index in [2.05, 4.69) is 5.32 Å². The number of imide groups is 1. The van der Waals surface area contributed by atoms with Crippen LogP contribution in [0.2, 0.25) is 0 Å². The van der Waals surface area contributed by atoms with E-state index < -0.39 is 59.1 Å². The first-order valence-electron chi connectivity index (χ1n) is 14.6. The van der Waals surface area contributed by atoms with Gasteiger partial charge in [-0.2, -0.15) is 0 Å². The van der Waals surface area contributed by atoms with E-state index in [-0.39, 0.29) is 30.5 Å². The molecule has 3 atom stereocenters. The predicted molar refractivity (Wildman–Crippen MR) is 169 cm³/mol. The van der Waals surface area contributed by atoms with Crippen LogP contribution >= 0.6 is 12.4 Å². The zero-order chi connectivity index (χ0) is 32.9. The summed E-state index contributed by atoms with van der Waals surface area (Å²) in [5.74, 6) is -4.12. The lowest BCUT2D eigenvalue weighted by Gasteiger charge is -2.34. The Morgan fingerprint density at radius 3 is 2.02 bits per heavy atom. The lowest BCUT2D eigenvalue weighted by Crippen LogP contribution is -2.54. The number of amides is 5.